The lowest BCUT2D eigenvalue weighted by Crippen LogP contribution is -2.26. The summed E-state index contributed by atoms with van der Waals surface area (Å²) in [5, 5.41) is 17.9. The van der Waals surface area contributed by atoms with Gasteiger partial charge in [0.15, 0.2) is 5.82 Å². The standard InChI is InChI=1S/C14H15N5S/c1-2-4-10(5-3-1)12-16-17-14-19(12)18-13(20-14)11-6-8-15-9-7-11/h1-5,11,15H,6-9H2. The summed E-state index contributed by atoms with van der Waals surface area (Å²) in [7, 11) is 0. The number of fused-ring (bicyclic) bond motifs is 1. The molecule has 6 heteroatoms. The van der Waals surface area contributed by atoms with E-state index in [-0.39, 0.29) is 0 Å². The second-order valence-electron chi connectivity index (χ2n) is 5.05. The Hall–Kier alpha value is -1.79. The lowest BCUT2D eigenvalue weighted by Gasteiger charge is -2.19. The molecule has 0 saturated carbocycles. The van der Waals surface area contributed by atoms with E-state index < -0.39 is 0 Å². The molecule has 5 nitrogen and oxygen atoms in total. The zero-order chi connectivity index (χ0) is 13.4. The summed E-state index contributed by atoms with van der Waals surface area (Å²) in [5.41, 5.74) is 1.06. The van der Waals surface area contributed by atoms with Crippen LogP contribution in [0, 0.1) is 0 Å². The zero-order valence-electron chi connectivity index (χ0n) is 11.0. The summed E-state index contributed by atoms with van der Waals surface area (Å²) >= 11 is 1.67. The molecule has 1 saturated heterocycles. The number of rotatable bonds is 2. The molecule has 0 bridgehead atoms. The van der Waals surface area contributed by atoms with Gasteiger partial charge in [-0.2, -0.15) is 9.61 Å². The maximum atomic E-state index is 4.76. The number of hydrogen-bond donors (Lipinski definition) is 1. The van der Waals surface area contributed by atoms with Crippen LogP contribution < -0.4 is 5.32 Å². The largest absolute Gasteiger partial charge is 0.317 e. The van der Waals surface area contributed by atoms with Gasteiger partial charge in [-0.15, -0.1) is 10.2 Å². The van der Waals surface area contributed by atoms with E-state index in [2.05, 4.69) is 15.5 Å². The minimum Gasteiger partial charge on any atom is -0.317 e. The average Bonchev–Trinajstić information content (AvgIpc) is 3.09. The first kappa shape index (κ1) is 12.0. The molecule has 3 aromatic rings. The van der Waals surface area contributed by atoms with Gasteiger partial charge in [0, 0.05) is 11.5 Å². The van der Waals surface area contributed by atoms with Gasteiger partial charge >= 0.3 is 0 Å². The molecule has 4 rings (SSSR count). The Kier molecular flexibility index (Phi) is 2.97. The van der Waals surface area contributed by atoms with Crippen LogP contribution in [0.4, 0.5) is 0 Å². The van der Waals surface area contributed by atoms with Crippen LogP contribution in [0.1, 0.15) is 23.8 Å². The van der Waals surface area contributed by atoms with Gasteiger partial charge in [-0.1, -0.05) is 41.7 Å². The van der Waals surface area contributed by atoms with Crippen LogP contribution in [0.5, 0.6) is 0 Å². The van der Waals surface area contributed by atoms with E-state index in [0.29, 0.717) is 5.92 Å². The van der Waals surface area contributed by atoms with Gasteiger partial charge < -0.3 is 5.32 Å². The maximum absolute atomic E-state index is 4.76. The zero-order valence-corrected chi connectivity index (χ0v) is 11.8. The highest BCUT2D eigenvalue weighted by molar-refractivity contribution is 7.16. The Balaban J connectivity index is 1.75. The molecule has 1 aromatic carbocycles. The molecular formula is C14H15N5S. The fourth-order valence-corrected chi connectivity index (χ4v) is 3.64. The lowest BCUT2D eigenvalue weighted by molar-refractivity contribution is 0.456. The van der Waals surface area contributed by atoms with Crippen molar-refractivity contribution in [2.45, 2.75) is 18.8 Å². The number of nitrogens with zero attached hydrogens (tertiary/aromatic N) is 4. The second kappa shape index (κ2) is 4.96. The van der Waals surface area contributed by atoms with Gasteiger partial charge in [-0.05, 0) is 25.9 Å². The molecule has 1 N–H and O–H groups in total. The van der Waals surface area contributed by atoms with Crippen molar-refractivity contribution in [2.75, 3.05) is 13.1 Å². The fourth-order valence-electron chi connectivity index (χ4n) is 2.63. The Morgan fingerprint density at radius 3 is 2.70 bits per heavy atom. The molecule has 0 spiro atoms. The van der Waals surface area contributed by atoms with Gasteiger partial charge in [0.2, 0.25) is 4.96 Å². The minimum absolute atomic E-state index is 0.562. The monoisotopic (exact) mass is 285 g/mol. The van der Waals surface area contributed by atoms with Crippen LogP contribution in [0.25, 0.3) is 16.3 Å². The van der Waals surface area contributed by atoms with Gasteiger partial charge in [0.25, 0.3) is 0 Å². The van der Waals surface area contributed by atoms with E-state index in [0.717, 1.165) is 42.3 Å². The molecule has 2 aromatic heterocycles. The summed E-state index contributed by atoms with van der Waals surface area (Å²) < 4.78 is 1.89. The van der Waals surface area contributed by atoms with Gasteiger partial charge in [0.1, 0.15) is 5.01 Å². The van der Waals surface area contributed by atoms with E-state index in [4.69, 9.17) is 5.10 Å². The normalized spacial score (nSPS) is 16.8. The van der Waals surface area contributed by atoms with E-state index in [9.17, 15) is 0 Å². The first-order valence-corrected chi connectivity index (χ1v) is 7.72. The summed E-state index contributed by atoms with van der Waals surface area (Å²) in [6.45, 7) is 2.16. The number of hydrogen-bond acceptors (Lipinski definition) is 5. The molecule has 0 amide bonds. The van der Waals surface area contributed by atoms with Crippen molar-refractivity contribution in [3.8, 4) is 11.4 Å². The average molecular weight is 285 g/mol. The van der Waals surface area contributed by atoms with E-state index >= 15 is 0 Å². The van der Waals surface area contributed by atoms with Crippen molar-refractivity contribution in [1.29, 1.82) is 0 Å². The second-order valence-corrected chi connectivity index (χ2v) is 6.04. The molecule has 102 valence electrons. The summed E-state index contributed by atoms with van der Waals surface area (Å²) in [6, 6.07) is 10.1. The third kappa shape index (κ3) is 2.01. The highest BCUT2D eigenvalue weighted by atomic mass is 32.1. The summed E-state index contributed by atoms with van der Waals surface area (Å²) in [6.07, 6.45) is 2.32. The van der Waals surface area contributed by atoms with Crippen molar-refractivity contribution >= 4 is 16.3 Å². The van der Waals surface area contributed by atoms with Crippen LogP contribution in [-0.2, 0) is 0 Å². The quantitative estimate of drug-likeness (QED) is 0.785. The van der Waals surface area contributed by atoms with Gasteiger partial charge in [0.05, 0.1) is 0 Å². The van der Waals surface area contributed by atoms with Crippen LogP contribution in [0.15, 0.2) is 30.3 Å². The Morgan fingerprint density at radius 2 is 1.90 bits per heavy atom. The Morgan fingerprint density at radius 1 is 1.10 bits per heavy atom. The molecule has 1 aliphatic rings. The molecular weight excluding hydrogens is 270 g/mol. The highest BCUT2D eigenvalue weighted by Gasteiger charge is 2.21. The predicted octanol–water partition coefficient (Wildman–Crippen LogP) is 2.32. The number of aromatic nitrogens is 4. The predicted molar refractivity (Wildman–Crippen MR) is 78.9 cm³/mol. The maximum Gasteiger partial charge on any atom is 0.234 e. The number of benzene rings is 1. The Labute approximate surface area is 120 Å². The molecule has 1 fully saturated rings. The van der Waals surface area contributed by atoms with E-state index in [1.165, 1.54) is 5.01 Å². The molecule has 0 radical (unpaired) electrons. The summed E-state index contributed by atoms with van der Waals surface area (Å²) in [5.74, 6) is 1.39. The first-order valence-electron chi connectivity index (χ1n) is 6.90. The molecule has 0 atom stereocenters. The number of nitrogens with one attached hydrogen (secondary N) is 1. The summed E-state index contributed by atoms with van der Waals surface area (Å²) in [4.78, 5) is 0.886. The number of piperidine rings is 1. The molecule has 0 unspecified atom stereocenters. The first-order chi connectivity index (χ1) is 9.92. The minimum atomic E-state index is 0.562. The SMILES string of the molecule is c1ccc(-c2nnc3sc(C4CCNCC4)nn23)cc1. The van der Waals surface area contributed by atoms with E-state index in [1.807, 2.05) is 34.8 Å². The topological polar surface area (TPSA) is 55.1 Å². The smallest absolute Gasteiger partial charge is 0.234 e. The third-order valence-corrected chi connectivity index (χ3v) is 4.79. The third-order valence-electron chi connectivity index (χ3n) is 3.73. The van der Waals surface area contributed by atoms with Crippen LogP contribution >= 0.6 is 11.3 Å². The molecule has 0 aliphatic carbocycles. The van der Waals surface area contributed by atoms with Crippen molar-refractivity contribution in [3.05, 3.63) is 35.3 Å². The van der Waals surface area contributed by atoms with Crippen molar-refractivity contribution in [3.63, 3.8) is 0 Å². The van der Waals surface area contributed by atoms with E-state index in [1.54, 1.807) is 11.3 Å². The molecule has 20 heavy (non-hydrogen) atoms. The van der Waals surface area contributed by atoms with Gasteiger partial charge in [-0.3, -0.25) is 0 Å². The highest BCUT2D eigenvalue weighted by Crippen LogP contribution is 2.30. The lowest BCUT2D eigenvalue weighted by atomic mass is 9.99. The molecule has 1 aliphatic heterocycles. The fraction of sp³-hybridized carbons (Fsp3) is 0.357. The van der Waals surface area contributed by atoms with Crippen molar-refractivity contribution in [2.24, 2.45) is 0 Å². The van der Waals surface area contributed by atoms with Crippen molar-refractivity contribution in [1.82, 2.24) is 25.1 Å². The van der Waals surface area contributed by atoms with Crippen LogP contribution in [0.3, 0.4) is 0 Å². The van der Waals surface area contributed by atoms with Crippen LogP contribution in [0.2, 0.25) is 0 Å². The molecule has 3 heterocycles. The van der Waals surface area contributed by atoms with Crippen LogP contribution in [-0.4, -0.2) is 32.9 Å². The van der Waals surface area contributed by atoms with Gasteiger partial charge in [-0.25, -0.2) is 0 Å². The van der Waals surface area contributed by atoms with Crippen molar-refractivity contribution < 1.29 is 0 Å². The Bertz CT molecular complexity index is 712.